The van der Waals surface area contributed by atoms with Crippen molar-refractivity contribution >= 4 is 51.3 Å². The topological polar surface area (TPSA) is 116 Å². The standard InChI is InChI=1S/C31H37F2N3O7S/c1-8-41-27(38)22-25(37)20-15-21(32)23(33)19(24(20)35-12-13-44-26(22)35)11-9-10-18-14-17(34-28(39)42-30(2,3)4)16-36(18)29(40)43-31(5,6)7/h9,11-13,15,17-18H,8,10,14,16H2,1-7H3,(H,34,39)/b11-9-/t17-,18+/m0/s1. The first-order valence-corrected chi connectivity index (χ1v) is 15.1. The van der Waals surface area contributed by atoms with Crippen molar-refractivity contribution in [2.24, 2.45) is 0 Å². The molecule has 4 rings (SSSR count). The molecule has 1 aliphatic rings. The van der Waals surface area contributed by atoms with Gasteiger partial charge in [-0.2, -0.15) is 0 Å². The Morgan fingerprint density at radius 2 is 1.80 bits per heavy atom. The van der Waals surface area contributed by atoms with E-state index in [9.17, 15) is 23.6 Å². The van der Waals surface area contributed by atoms with E-state index in [0.29, 0.717) is 6.42 Å². The van der Waals surface area contributed by atoms with Crippen LogP contribution in [0.2, 0.25) is 0 Å². The highest BCUT2D eigenvalue weighted by atomic mass is 32.1. The highest BCUT2D eigenvalue weighted by Gasteiger charge is 2.38. The molecule has 3 aromatic rings. The summed E-state index contributed by atoms with van der Waals surface area (Å²) >= 11 is 1.10. The van der Waals surface area contributed by atoms with E-state index in [0.717, 1.165) is 17.4 Å². The molecule has 1 aromatic carbocycles. The molecule has 0 spiro atoms. The van der Waals surface area contributed by atoms with Gasteiger partial charge in [0, 0.05) is 29.7 Å². The Hall–Kier alpha value is -4.00. The molecule has 1 aliphatic heterocycles. The van der Waals surface area contributed by atoms with Crippen LogP contribution in [-0.4, -0.2) is 63.9 Å². The third-order valence-electron chi connectivity index (χ3n) is 6.70. The lowest BCUT2D eigenvalue weighted by Crippen LogP contribution is -2.43. The average molecular weight is 634 g/mol. The number of rotatable bonds is 6. The van der Waals surface area contributed by atoms with E-state index in [4.69, 9.17) is 14.2 Å². The summed E-state index contributed by atoms with van der Waals surface area (Å²) in [5.74, 6) is -3.27. The summed E-state index contributed by atoms with van der Waals surface area (Å²) in [6.07, 6.45) is 3.85. The fourth-order valence-electron chi connectivity index (χ4n) is 5.08. The van der Waals surface area contributed by atoms with Crippen LogP contribution < -0.4 is 10.7 Å². The number of hydrogen-bond donors (Lipinski definition) is 1. The SMILES string of the molecule is CCOC(=O)c1c(=O)c2cc(F)c(F)c(/C=C\C[C@@H]3C[C@H](NC(=O)OC(C)(C)C)CN3C(=O)OC(C)(C)C)c2n2ccsc12. The summed E-state index contributed by atoms with van der Waals surface area (Å²) in [5, 5.41) is 4.24. The fraction of sp³-hybridized carbons (Fsp3) is 0.484. The molecule has 2 atom stereocenters. The number of amides is 2. The number of hydrogen-bond acceptors (Lipinski definition) is 8. The first kappa shape index (κ1) is 32.9. The van der Waals surface area contributed by atoms with Crippen molar-refractivity contribution in [2.45, 2.75) is 84.6 Å². The zero-order chi connectivity index (χ0) is 32.6. The maximum Gasteiger partial charge on any atom is 0.410 e. The Balaban J connectivity index is 1.69. The molecule has 2 amide bonds. The summed E-state index contributed by atoms with van der Waals surface area (Å²) in [4.78, 5) is 53.2. The number of ether oxygens (including phenoxy) is 3. The molecule has 0 bridgehead atoms. The smallest absolute Gasteiger partial charge is 0.410 e. The number of benzene rings is 1. The molecule has 238 valence electrons. The van der Waals surface area contributed by atoms with Gasteiger partial charge in [0.15, 0.2) is 11.6 Å². The molecule has 3 heterocycles. The summed E-state index contributed by atoms with van der Waals surface area (Å²) in [7, 11) is 0. The molecule has 0 saturated carbocycles. The van der Waals surface area contributed by atoms with Crippen molar-refractivity contribution < 1.29 is 37.4 Å². The minimum atomic E-state index is -1.25. The Morgan fingerprint density at radius 1 is 1.11 bits per heavy atom. The molecule has 13 heteroatoms. The van der Waals surface area contributed by atoms with Gasteiger partial charge in [0.05, 0.1) is 23.6 Å². The second-order valence-electron chi connectivity index (χ2n) is 12.5. The van der Waals surface area contributed by atoms with Crippen molar-refractivity contribution in [3.05, 3.63) is 56.7 Å². The molecule has 1 N–H and O–H groups in total. The van der Waals surface area contributed by atoms with Crippen LogP contribution >= 0.6 is 11.3 Å². The van der Waals surface area contributed by atoms with E-state index in [-0.39, 0.29) is 46.4 Å². The van der Waals surface area contributed by atoms with E-state index < -0.39 is 58.5 Å². The minimum absolute atomic E-state index is 0.0369. The molecular weight excluding hydrogens is 596 g/mol. The Morgan fingerprint density at radius 3 is 2.43 bits per heavy atom. The van der Waals surface area contributed by atoms with Crippen molar-refractivity contribution in [2.75, 3.05) is 13.2 Å². The van der Waals surface area contributed by atoms with Crippen molar-refractivity contribution in [3.63, 3.8) is 0 Å². The van der Waals surface area contributed by atoms with Gasteiger partial charge in [0.2, 0.25) is 5.43 Å². The van der Waals surface area contributed by atoms with E-state index in [1.165, 1.54) is 15.4 Å². The molecule has 44 heavy (non-hydrogen) atoms. The lowest BCUT2D eigenvalue weighted by Gasteiger charge is -2.28. The summed E-state index contributed by atoms with van der Waals surface area (Å²) in [6.45, 7) is 12.2. The van der Waals surface area contributed by atoms with Gasteiger partial charge >= 0.3 is 18.2 Å². The predicted octanol–water partition coefficient (Wildman–Crippen LogP) is 6.28. The average Bonchev–Trinajstić information content (AvgIpc) is 3.52. The number of carbonyl (C=O) groups is 3. The molecule has 10 nitrogen and oxygen atoms in total. The molecule has 1 fully saturated rings. The normalized spacial score (nSPS) is 17.4. The largest absolute Gasteiger partial charge is 0.462 e. The quantitative estimate of drug-likeness (QED) is 0.251. The number of thiazole rings is 1. The van der Waals surface area contributed by atoms with Crippen LogP contribution in [0.4, 0.5) is 18.4 Å². The van der Waals surface area contributed by atoms with E-state index >= 15 is 4.39 Å². The Bertz CT molecular complexity index is 1680. The number of likely N-dealkylation sites (tertiary alicyclic amines) is 1. The lowest BCUT2D eigenvalue weighted by atomic mass is 10.0. The van der Waals surface area contributed by atoms with Gasteiger partial charge in [-0.15, -0.1) is 11.3 Å². The predicted molar refractivity (Wildman–Crippen MR) is 163 cm³/mol. The number of nitrogens with one attached hydrogen (secondary N) is 1. The van der Waals surface area contributed by atoms with Gasteiger partial charge < -0.3 is 28.8 Å². The van der Waals surface area contributed by atoms with Gasteiger partial charge in [0.25, 0.3) is 0 Å². The highest BCUT2D eigenvalue weighted by molar-refractivity contribution is 7.16. The van der Waals surface area contributed by atoms with Crippen LogP contribution in [0.5, 0.6) is 0 Å². The van der Waals surface area contributed by atoms with E-state index in [1.54, 1.807) is 66.1 Å². The molecule has 0 radical (unpaired) electrons. The van der Waals surface area contributed by atoms with Crippen LogP contribution in [0.3, 0.4) is 0 Å². The first-order chi connectivity index (χ1) is 20.5. The monoisotopic (exact) mass is 633 g/mol. The Kier molecular flexibility index (Phi) is 9.38. The van der Waals surface area contributed by atoms with Crippen LogP contribution in [0, 0.1) is 11.6 Å². The van der Waals surface area contributed by atoms with Crippen LogP contribution in [-0.2, 0) is 14.2 Å². The fourth-order valence-corrected chi connectivity index (χ4v) is 5.95. The molecule has 0 aliphatic carbocycles. The number of halogens is 2. The second-order valence-corrected chi connectivity index (χ2v) is 13.4. The zero-order valence-electron chi connectivity index (χ0n) is 25.8. The van der Waals surface area contributed by atoms with Crippen molar-refractivity contribution in [1.29, 1.82) is 0 Å². The van der Waals surface area contributed by atoms with E-state index in [2.05, 4.69) is 5.32 Å². The number of pyridine rings is 1. The molecule has 0 unspecified atom stereocenters. The number of nitrogens with zero attached hydrogens (tertiary/aromatic N) is 2. The van der Waals surface area contributed by atoms with Gasteiger partial charge in [-0.25, -0.2) is 23.2 Å². The van der Waals surface area contributed by atoms with Gasteiger partial charge in [-0.05, 0) is 67.4 Å². The van der Waals surface area contributed by atoms with Gasteiger partial charge in [-0.1, -0.05) is 12.2 Å². The number of fused-ring (bicyclic) bond motifs is 3. The first-order valence-electron chi connectivity index (χ1n) is 14.3. The van der Waals surface area contributed by atoms with Crippen LogP contribution in [0.25, 0.3) is 21.8 Å². The minimum Gasteiger partial charge on any atom is -0.462 e. The second kappa shape index (κ2) is 12.5. The number of aromatic nitrogens is 1. The molecular formula is C31H37F2N3O7S. The van der Waals surface area contributed by atoms with Crippen LogP contribution in [0.1, 0.15) is 77.2 Å². The third kappa shape index (κ3) is 7.20. The molecule has 2 aromatic heterocycles. The Labute approximate surface area is 257 Å². The number of esters is 1. The maximum atomic E-state index is 15.3. The summed E-state index contributed by atoms with van der Waals surface area (Å²) in [6, 6.07) is -0.110. The zero-order valence-corrected chi connectivity index (χ0v) is 26.6. The van der Waals surface area contributed by atoms with E-state index in [1.807, 2.05) is 0 Å². The number of carbonyl (C=O) groups excluding carboxylic acids is 3. The van der Waals surface area contributed by atoms with Crippen molar-refractivity contribution in [3.8, 4) is 0 Å². The summed E-state index contributed by atoms with van der Waals surface area (Å²) < 4.78 is 47.6. The van der Waals surface area contributed by atoms with Crippen LogP contribution in [0.15, 0.2) is 28.5 Å². The lowest BCUT2D eigenvalue weighted by molar-refractivity contribution is 0.0220. The van der Waals surface area contributed by atoms with Crippen molar-refractivity contribution in [1.82, 2.24) is 14.6 Å². The van der Waals surface area contributed by atoms with Gasteiger partial charge in [0.1, 0.15) is 21.6 Å². The maximum absolute atomic E-state index is 15.3. The highest BCUT2D eigenvalue weighted by Crippen LogP contribution is 2.30. The molecule has 1 saturated heterocycles. The number of alkyl carbamates (subject to hydrolysis) is 1. The van der Waals surface area contributed by atoms with Gasteiger partial charge in [-0.3, -0.25) is 4.79 Å². The summed E-state index contributed by atoms with van der Waals surface area (Å²) in [5.41, 5.74) is -2.59. The third-order valence-corrected chi connectivity index (χ3v) is 7.58.